The van der Waals surface area contributed by atoms with Crippen LogP contribution >= 0.6 is 11.3 Å². The monoisotopic (exact) mass is 300 g/mol. The van der Waals surface area contributed by atoms with Crippen molar-refractivity contribution in [2.24, 2.45) is 0 Å². The number of hydrogen-bond acceptors (Lipinski definition) is 6. The van der Waals surface area contributed by atoms with E-state index in [2.05, 4.69) is 15.0 Å². The van der Waals surface area contributed by atoms with E-state index in [1.54, 1.807) is 5.38 Å². The molecule has 0 radical (unpaired) electrons. The molecule has 7 nitrogen and oxygen atoms in total. The lowest BCUT2D eigenvalue weighted by molar-refractivity contribution is -0.144. The number of carbonyl (C=O) groups is 3. The smallest absolute Gasteiger partial charge is 0.326 e. The molecule has 0 saturated carbocycles. The average molecular weight is 300 g/mol. The van der Waals surface area contributed by atoms with E-state index in [0.717, 1.165) is 5.01 Å². The van der Waals surface area contributed by atoms with Crippen LogP contribution in [0.3, 0.4) is 0 Å². The fourth-order valence-corrected chi connectivity index (χ4v) is 2.13. The Morgan fingerprint density at radius 2 is 2.20 bits per heavy atom. The van der Waals surface area contributed by atoms with Gasteiger partial charge < -0.3 is 15.2 Å². The predicted molar refractivity (Wildman–Crippen MR) is 71.4 cm³/mol. The van der Waals surface area contributed by atoms with Crippen LogP contribution in [0.25, 0.3) is 0 Å². The number of methoxy groups -OCH3 is 1. The highest BCUT2D eigenvalue weighted by atomic mass is 32.1. The van der Waals surface area contributed by atoms with Crippen LogP contribution in [0.4, 0.5) is 0 Å². The van der Waals surface area contributed by atoms with Gasteiger partial charge in [0, 0.05) is 11.8 Å². The van der Waals surface area contributed by atoms with Gasteiger partial charge in [0.2, 0.25) is 5.91 Å². The van der Waals surface area contributed by atoms with Crippen LogP contribution in [-0.4, -0.2) is 41.1 Å². The van der Waals surface area contributed by atoms with Crippen LogP contribution in [0.5, 0.6) is 0 Å². The summed E-state index contributed by atoms with van der Waals surface area (Å²) >= 11 is 1.42. The van der Waals surface area contributed by atoms with Crippen LogP contribution in [0, 0.1) is 6.92 Å². The second kappa shape index (κ2) is 7.59. The summed E-state index contributed by atoms with van der Waals surface area (Å²) in [5.74, 6) is -2.13. The molecule has 0 bridgehead atoms. The van der Waals surface area contributed by atoms with E-state index >= 15 is 0 Å². The summed E-state index contributed by atoms with van der Waals surface area (Å²) in [5.41, 5.74) is 0.599. The minimum absolute atomic E-state index is 0.0101. The Labute approximate surface area is 120 Å². The largest absolute Gasteiger partial charge is 0.480 e. The van der Waals surface area contributed by atoms with E-state index in [1.165, 1.54) is 18.4 Å². The lowest BCUT2D eigenvalue weighted by Crippen LogP contribution is -2.41. The van der Waals surface area contributed by atoms with Crippen molar-refractivity contribution in [2.75, 3.05) is 7.11 Å². The van der Waals surface area contributed by atoms with Crippen molar-refractivity contribution in [1.82, 2.24) is 10.3 Å². The van der Waals surface area contributed by atoms with Gasteiger partial charge in [-0.25, -0.2) is 9.78 Å². The summed E-state index contributed by atoms with van der Waals surface area (Å²) in [4.78, 5) is 37.8. The van der Waals surface area contributed by atoms with Gasteiger partial charge in [-0.05, 0) is 13.3 Å². The van der Waals surface area contributed by atoms with Gasteiger partial charge in [0.05, 0.1) is 24.2 Å². The molecule has 1 unspecified atom stereocenters. The summed E-state index contributed by atoms with van der Waals surface area (Å²) in [6.07, 6.45) is -0.0558. The Morgan fingerprint density at radius 3 is 2.70 bits per heavy atom. The molecular formula is C12H16N2O5S. The van der Waals surface area contributed by atoms with Gasteiger partial charge in [-0.15, -0.1) is 11.3 Å². The van der Waals surface area contributed by atoms with Crippen molar-refractivity contribution < 1.29 is 24.2 Å². The number of carboxylic acid groups (broad SMARTS) is 1. The number of nitrogens with zero attached hydrogens (tertiary/aromatic N) is 1. The number of aryl methyl sites for hydroxylation is 1. The predicted octanol–water partition coefficient (Wildman–Crippen LogP) is 0.517. The van der Waals surface area contributed by atoms with E-state index in [0.29, 0.717) is 5.69 Å². The number of hydrogen-bond donors (Lipinski definition) is 2. The zero-order chi connectivity index (χ0) is 15.1. The lowest BCUT2D eigenvalue weighted by Gasteiger charge is -2.13. The average Bonchev–Trinajstić information content (AvgIpc) is 2.78. The number of ether oxygens (including phenoxy) is 1. The quantitative estimate of drug-likeness (QED) is 0.711. The lowest BCUT2D eigenvalue weighted by atomic mass is 10.1. The fourth-order valence-electron chi connectivity index (χ4n) is 1.52. The molecule has 0 aliphatic heterocycles. The Hall–Kier alpha value is -1.96. The highest BCUT2D eigenvalue weighted by molar-refractivity contribution is 7.09. The standard InChI is InChI=1S/C12H16N2O5S/c1-7-13-8(6-20-7)5-10(15)14-9(12(17)18)3-4-11(16)19-2/h6,9H,3-5H2,1-2H3,(H,14,15)(H,17,18). The van der Waals surface area contributed by atoms with Gasteiger partial charge in [-0.2, -0.15) is 0 Å². The molecule has 1 aromatic rings. The number of esters is 1. The van der Waals surface area contributed by atoms with Crippen molar-refractivity contribution >= 4 is 29.2 Å². The maximum absolute atomic E-state index is 11.7. The zero-order valence-corrected chi connectivity index (χ0v) is 12.0. The molecular weight excluding hydrogens is 284 g/mol. The third-order valence-corrected chi connectivity index (χ3v) is 3.33. The van der Waals surface area contributed by atoms with Crippen molar-refractivity contribution in [3.8, 4) is 0 Å². The van der Waals surface area contributed by atoms with Gasteiger partial charge >= 0.3 is 11.9 Å². The minimum atomic E-state index is -1.18. The number of amides is 1. The number of aromatic nitrogens is 1. The normalized spacial score (nSPS) is 11.7. The Morgan fingerprint density at radius 1 is 1.50 bits per heavy atom. The highest BCUT2D eigenvalue weighted by Crippen LogP contribution is 2.08. The van der Waals surface area contributed by atoms with E-state index in [9.17, 15) is 14.4 Å². The topological polar surface area (TPSA) is 106 Å². The molecule has 8 heteroatoms. The minimum Gasteiger partial charge on any atom is -0.480 e. The van der Waals surface area contributed by atoms with E-state index in [1.807, 2.05) is 6.92 Å². The van der Waals surface area contributed by atoms with E-state index in [-0.39, 0.29) is 19.3 Å². The van der Waals surface area contributed by atoms with Gasteiger partial charge in [-0.3, -0.25) is 9.59 Å². The van der Waals surface area contributed by atoms with Gasteiger partial charge in [0.1, 0.15) is 6.04 Å². The van der Waals surface area contributed by atoms with Crippen molar-refractivity contribution in [2.45, 2.75) is 32.2 Å². The number of thiazole rings is 1. The molecule has 1 heterocycles. The maximum Gasteiger partial charge on any atom is 0.326 e. The molecule has 0 aliphatic carbocycles. The number of rotatable bonds is 7. The van der Waals surface area contributed by atoms with Crippen LogP contribution in [-0.2, 0) is 25.5 Å². The highest BCUT2D eigenvalue weighted by Gasteiger charge is 2.21. The molecule has 0 saturated heterocycles. The third-order valence-electron chi connectivity index (χ3n) is 2.51. The Kier molecular flexibility index (Phi) is 6.10. The summed E-state index contributed by atoms with van der Waals surface area (Å²) in [6.45, 7) is 1.82. The maximum atomic E-state index is 11.7. The van der Waals surface area contributed by atoms with Crippen LogP contribution in [0.1, 0.15) is 23.5 Å². The summed E-state index contributed by atoms with van der Waals surface area (Å²) in [7, 11) is 1.22. The second-order valence-corrected chi connectivity index (χ2v) is 5.17. The summed E-state index contributed by atoms with van der Waals surface area (Å²) < 4.78 is 4.43. The first-order chi connectivity index (χ1) is 9.42. The van der Waals surface area contributed by atoms with Gasteiger partial charge in [0.15, 0.2) is 0 Å². The van der Waals surface area contributed by atoms with E-state index < -0.39 is 23.9 Å². The van der Waals surface area contributed by atoms with Crippen molar-refractivity contribution in [1.29, 1.82) is 0 Å². The number of aliphatic carboxylic acids is 1. The first-order valence-electron chi connectivity index (χ1n) is 5.92. The molecule has 1 rings (SSSR count). The summed E-state index contributed by atoms with van der Waals surface area (Å²) in [5, 5.41) is 14.0. The number of nitrogens with one attached hydrogen (secondary N) is 1. The molecule has 1 aromatic heterocycles. The summed E-state index contributed by atoms with van der Waals surface area (Å²) in [6, 6.07) is -1.11. The SMILES string of the molecule is COC(=O)CCC(NC(=O)Cc1csc(C)n1)C(=O)O. The molecule has 20 heavy (non-hydrogen) atoms. The Balaban J connectivity index is 2.50. The third kappa shape index (κ3) is 5.35. The first-order valence-corrected chi connectivity index (χ1v) is 6.80. The van der Waals surface area contributed by atoms with Crippen molar-refractivity contribution in [3.05, 3.63) is 16.1 Å². The van der Waals surface area contributed by atoms with Gasteiger partial charge in [0.25, 0.3) is 0 Å². The fraction of sp³-hybridized carbons (Fsp3) is 0.500. The number of carbonyl (C=O) groups excluding carboxylic acids is 2. The van der Waals surface area contributed by atoms with Crippen LogP contribution < -0.4 is 5.32 Å². The van der Waals surface area contributed by atoms with Crippen molar-refractivity contribution in [3.63, 3.8) is 0 Å². The Bertz CT molecular complexity index is 500. The van der Waals surface area contributed by atoms with Crippen LogP contribution in [0.15, 0.2) is 5.38 Å². The molecule has 0 aliphatic rings. The molecule has 2 N–H and O–H groups in total. The molecule has 1 atom stereocenters. The molecule has 1 amide bonds. The second-order valence-electron chi connectivity index (χ2n) is 4.11. The van der Waals surface area contributed by atoms with Crippen LogP contribution in [0.2, 0.25) is 0 Å². The molecule has 110 valence electrons. The zero-order valence-electron chi connectivity index (χ0n) is 11.2. The molecule has 0 fully saturated rings. The van der Waals surface area contributed by atoms with E-state index in [4.69, 9.17) is 5.11 Å². The molecule has 0 aromatic carbocycles. The molecule has 0 spiro atoms. The van der Waals surface area contributed by atoms with Gasteiger partial charge in [-0.1, -0.05) is 0 Å². The number of carboxylic acids is 1. The first kappa shape index (κ1) is 16.1.